The summed E-state index contributed by atoms with van der Waals surface area (Å²) in [5, 5.41) is 22.9. The van der Waals surface area contributed by atoms with Gasteiger partial charge in [-0.1, -0.05) is 32.1 Å². The topological polar surface area (TPSA) is 118 Å². The van der Waals surface area contributed by atoms with E-state index in [9.17, 15) is 20.0 Å². The van der Waals surface area contributed by atoms with Crippen LogP contribution in [0.2, 0.25) is 0 Å². The molecule has 1 amide bonds. The van der Waals surface area contributed by atoms with Crippen LogP contribution in [0.1, 0.15) is 38.5 Å². The highest BCUT2D eigenvalue weighted by atomic mass is 16.6. The summed E-state index contributed by atoms with van der Waals surface area (Å²) in [4.78, 5) is 22.2. The number of rotatable bonds is 5. The molecule has 0 spiro atoms. The molecule has 0 radical (unpaired) electrons. The van der Waals surface area contributed by atoms with Gasteiger partial charge in [-0.15, -0.1) is 0 Å². The molecule has 2 rings (SSSR count). The number of benzene rings is 1. The van der Waals surface area contributed by atoms with Crippen LogP contribution in [0.3, 0.4) is 0 Å². The summed E-state index contributed by atoms with van der Waals surface area (Å²) in [6, 6.07) is 2.80. The third kappa shape index (κ3) is 4.17. The molecular formula is C15H21N3O4. The van der Waals surface area contributed by atoms with Gasteiger partial charge in [-0.3, -0.25) is 14.9 Å². The predicted molar refractivity (Wildman–Crippen MR) is 82.6 cm³/mol. The molecule has 1 aromatic rings. The number of nitrogens with zero attached hydrogens (tertiary/aromatic N) is 1. The van der Waals surface area contributed by atoms with Gasteiger partial charge in [0.05, 0.1) is 16.7 Å². The summed E-state index contributed by atoms with van der Waals surface area (Å²) < 4.78 is 0. The van der Waals surface area contributed by atoms with E-state index in [4.69, 9.17) is 5.73 Å². The van der Waals surface area contributed by atoms with Crippen LogP contribution < -0.4 is 11.1 Å². The van der Waals surface area contributed by atoms with Crippen molar-refractivity contribution < 1.29 is 14.8 Å². The van der Waals surface area contributed by atoms with E-state index in [1.54, 1.807) is 0 Å². The van der Waals surface area contributed by atoms with Crippen molar-refractivity contribution in [2.24, 2.45) is 11.7 Å². The van der Waals surface area contributed by atoms with Crippen molar-refractivity contribution in [2.45, 2.75) is 44.6 Å². The molecule has 0 aromatic heterocycles. The van der Waals surface area contributed by atoms with Gasteiger partial charge >= 0.3 is 0 Å². The lowest BCUT2D eigenvalue weighted by Gasteiger charge is -2.24. The molecule has 22 heavy (non-hydrogen) atoms. The molecule has 0 aliphatic heterocycles. The fourth-order valence-corrected chi connectivity index (χ4v) is 2.85. The minimum Gasteiger partial charge on any atom is -0.506 e. The van der Waals surface area contributed by atoms with Gasteiger partial charge < -0.3 is 16.2 Å². The Kier molecular flexibility index (Phi) is 5.32. The summed E-state index contributed by atoms with van der Waals surface area (Å²) in [5.41, 5.74) is 5.73. The molecule has 1 saturated carbocycles. The lowest BCUT2D eigenvalue weighted by Crippen LogP contribution is -2.37. The van der Waals surface area contributed by atoms with Crippen molar-refractivity contribution in [1.82, 2.24) is 0 Å². The number of non-ortho nitro benzene ring substituents is 1. The van der Waals surface area contributed by atoms with E-state index in [0.717, 1.165) is 18.9 Å². The van der Waals surface area contributed by atoms with Crippen LogP contribution in [-0.2, 0) is 4.79 Å². The molecule has 0 bridgehead atoms. The number of hydrogen-bond acceptors (Lipinski definition) is 5. The van der Waals surface area contributed by atoms with E-state index < -0.39 is 16.9 Å². The fraction of sp³-hybridized carbons (Fsp3) is 0.533. The summed E-state index contributed by atoms with van der Waals surface area (Å²) in [5.74, 6) is -0.196. The van der Waals surface area contributed by atoms with E-state index in [1.165, 1.54) is 31.4 Å². The normalized spacial score (nSPS) is 17.0. The highest BCUT2D eigenvalue weighted by Gasteiger charge is 2.22. The monoisotopic (exact) mass is 307 g/mol. The van der Waals surface area contributed by atoms with Gasteiger partial charge in [0.25, 0.3) is 5.69 Å². The van der Waals surface area contributed by atoms with Crippen LogP contribution >= 0.6 is 0 Å². The Labute approximate surface area is 128 Å². The first-order valence-corrected chi connectivity index (χ1v) is 7.51. The lowest BCUT2D eigenvalue weighted by molar-refractivity contribution is -0.384. The maximum Gasteiger partial charge on any atom is 0.271 e. The molecule has 1 aromatic carbocycles. The lowest BCUT2D eigenvalue weighted by atomic mass is 9.85. The van der Waals surface area contributed by atoms with Crippen LogP contribution in [0, 0.1) is 16.0 Å². The quantitative estimate of drug-likeness (QED) is 0.439. The van der Waals surface area contributed by atoms with Gasteiger partial charge in [-0.05, 0) is 18.4 Å². The molecule has 7 heteroatoms. The Morgan fingerprint density at radius 1 is 1.41 bits per heavy atom. The van der Waals surface area contributed by atoms with Gasteiger partial charge in [0.2, 0.25) is 5.91 Å². The Bertz CT molecular complexity index is 556. The van der Waals surface area contributed by atoms with Gasteiger partial charge in [0.1, 0.15) is 5.75 Å². The minimum absolute atomic E-state index is 0.0123. The number of nitrogens with two attached hydrogens (primary N) is 1. The number of nitrogens with one attached hydrogen (secondary N) is 1. The molecule has 1 aliphatic rings. The standard InChI is InChI=1S/C15H21N3O4/c16-12(8-10-4-2-1-3-5-10)15(20)17-13-9-11(18(21)22)6-7-14(13)19/h6-7,9-10,12,19H,1-5,8,16H2,(H,17,20). The van der Waals surface area contributed by atoms with E-state index >= 15 is 0 Å². The van der Waals surface area contributed by atoms with Crippen molar-refractivity contribution in [3.8, 4) is 5.75 Å². The number of nitro groups is 1. The Morgan fingerprint density at radius 2 is 2.09 bits per heavy atom. The molecule has 0 saturated heterocycles. The summed E-state index contributed by atoms with van der Waals surface area (Å²) >= 11 is 0. The second-order valence-corrected chi connectivity index (χ2v) is 5.79. The number of nitro benzene ring substituents is 1. The number of phenols is 1. The zero-order chi connectivity index (χ0) is 16.1. The average Bonchev–Trinajstić information content (AvgIpc) is 2.50. The average molecular weight is 307 g/mol. The second kappa shape index (κ2) is 7.22. The Balaban J connectivity index is 1.98. The largest absolute Gasteiger partial charge is 0.506 e. The summed E-state index contributed by atoms with van der Waals surface area (Å²) in [6.45, 7) is 0. The summed E-state index contributed by atoms with van der Waals surface area (Å²) in [6.07, 6.45) is 6.35. The van der Waals surface area contributed by atoms with Crippen molar-refractivity contribution in [3.63, 3.8) is 0 Å². The highest BCUT2D eigenvalue weighted by Crippen LogP contribution is 2.29. The Hall–Kier alpha value is -2.15. The molecule has 1 fully saturated rings. The van der Waals surface area contributed by atoms with Gasteiger partial charge in [-0.2, -0.15) is 0 Å². The van der Waals surface area contributed by atoms with Crippen molar-refractivity contribution in [3.05, 3.63) is 28.3 Å². The van der Waals surface area contributed by atoms with Gasteiger partial charge in [0.15, 0.2) is 0 Å². The molecule has 1 aliphatic carbocycles. The number of carbonyl (C=O) groups is 1. The van der Waals surface area contributed by atoms with Crippen molar-refractivity contribution in [1.29, 1.82) is 0 Å². The third-order valence-corrected chi connectivity index (χ3v) is 4.10. The first-order chi connectivity index (χ1) is 10.5. The van der Waals surface area contributed by atoms with Crippen LogP contribution in [0.25, 0.3) is 0 Å². The van der Waals surface area contributed by atoms with Crippen LogP contribution in [-0.4, -0.2) is 22.0 Å². The molecule has 1 atom stereocenters. The zero-order valence-electron chi connectivity index (χ0n) is 12.3. The van der Waals surface area contributed by atoms with Crippen LogP contribution in [0.5, 0.6) is 5.75 Å². The van der Waals surface area contributed by atoms with E-state index in [1.807, 2.05) is 0 Å². The zero-order valence-corrected chi connectivity index (χ0v) is 12.3. The van der Waals surface area contributed by atoms with Gasteiger partial charge in [0, 0.05) is 12.1 Å². The summed E-state index contributed by atoms with van der Waals surface area (Å²) in [7, 11) is 0. The fourth-order valence-electron chi connectivity index (χ4n) is 2.85. The number of amides is 1. The second-order valence-electron chi connectivity index (χ2n) is 5.79. The highest BCUT2D eigenvalue weighted by molar-refractivity contribution is 5.96. The maximum absolute atomic E-state index is 12.1. The number of phenolic OH excluding ortho intramolecular Hbond substituents is 1. The smallest absolute Gasteiger partial charge is 0.271 e. The third-order valence-electron chi connectivity index (χ3n) is 4.10. The molecule has 7 nitrogen and oxygen atoms in total. The first-order valence-electron chi connectivity index (χ1n) is 7.51. The molecule has 120 valence electrons. The molecule has 4 N–H and O–H groups in total. The molecule has 0 heterocycles. The van der Waals surface area contributed by atoms with E-state index in [-0.39, 0.29) is 17.1 Å². The number of hydrogen-bond donors (Lipinski definition) is 3. The first kappa shape index (κ1) is 16.2. The number of carbonyl (C=O) groups excluding carboxylic acids is 1. The van der Waals surface area contributed by atoms with Crippen molar-refractivity contribution in [2.75, 3.05) is 5.32 Å². The van der Waals surface area contributed by atoms with Crippen LogP contribution in [0.4, 0.5) is 11.4 Å². The number of anilines is 1. The number of aromatic hydroxyl groups is 1. The minimum atomic E-state index is -0.679. The van der Waals surface area contributed by atoms with Crippen molar-refractivity contribution >= 4 is 17.3 Å². The van der Waals surface area contributed by atoms with Crippen LogP contribution in [0.15, 0.2) is 18.2 Å². The predicted octanol–water partition coefficient (Wildman–Crippen LogP) is 2.54. The molecule has 1 unspecified atom stereocenters. The van der Waals surface area contributed by atoms with Gasteiger partial charge in [-0.25, -0.2) is 0 Å². The van der Waals surface area contributed by atoms with E-state index in [2.05, 4.69) is 5.32 Å². The maximum atomic E-state index is 12.1. The van der Waals surface area contributed by atoms with E-state index in [0.29, 0.717) is 12.3 Å². The SMILES string of the molecule is NC(CC1CCCCC1)C(=O)Nc1cc([N+](=O)[O-])ccc1O. The Morgan fingerprint density at radius 3 is 2.73 bits per heavy atom. The molecular weight excluding hydrogens is 286 g/mol.